The number of hydrogen-bond acceptors (Lipinski definition) is 3. The summed E-state index contributed by atoms with van der Waals surface area (Å²) in [7, 11) is 0. The number of rotatable bonds is 3. The molecule has 1 aliphatic heterocycles. The van der Waals surface area contributed by atoms with Crippen molar-refractivity contribution in [2.24, 2.45) is 0 Å². The van der Waals surface area contributed by atoms with Crippen LogP contribution < -0.4 is 10.6 Å². The summed E-state index contributed by atoms with van der Waals surface area (Å²) >= 11 is 1.54. The number of benzene rings is 1. The van der Waals surface area contributed by atoms with Gasteiger partial charge >= 0.3 is 12.2 Å². The summed E-state index contributed by atoms with van der Waals surface area (Å²) < 4.78 is 51.1. The molecule has 0 bridgehead atoms. The van der Waals surface area contributed by atoms with Gasteiger partial charge in [-0.2, -0.15) is 24.9 Å². The predicted molar refractivity (Wildman–Crippen MR) is 75.3 cm³/mol. The molecule has 9 heteroatoms. The largest absolute Gasteiger partial charge is 0.416 e. The lowest BCUT2D eigenvalue weighted by molar-refractivity contribution is -0.137. The average molecular weight is 338 g/mol. The number of alkyl halides is 3. The maximum Gasteiger partial charge on any atom is 0.416 e. The Morgan fingerprint density at radius 1 is 1.41 bits per heavy atom. The maximum absolute atomic E-state index is 13.5. The number of amides is 2. The van der Waals surface area contributed by atoms with Gasteiger partial charge in [0.15, 0.2) is 0 Å². The minimum Gasteiger partial charge on any atom is -0.387 e. The van der Waals surface area contributed by atoms with E-state index in [0.717, 1.165) is 5.75 Å². The molecule has 1 aliphatic rings. The van der Waals surface area contributed by atoms with Gasteiger partial charge in [-0.15, -0.1) is 0 Å². The van der Waals surface area contributed by atoms with Crippen molar-refractivity contribution in [3.63, 3.8) is 0 Å². The Balaban J connectivity index is 1.99. The van der Waals surface area contributed by atoms with E-state index in [0.29, 0.717) is 30.4 Å². The number of carbonyl (C=O) groups is 1. The highest BCUT2D eigenvalue weighted by molar-refractivity contribution is 7.99. The molecular formula is C13H14F4N2O2S. The van der Waals surface area contributed by atoms with Crippen LogP contribution in [0, 0.1) is 5.82 Å². The zero-order chi connectivity index (χ0) is 16.4. The monoisotopic (exact) mass is 338 g/mol. The third-order valence-corrected chi connectivity index (χ3v) is 4.44. The van der Waals surface area contributed by atoms with Crippen molar-refractivity contribution in [3.05, 3.63) is 29.6 Å². The number of halogens is 4. The van der Waals surface area contributed by atoms with Crippen LogP contribution in [0.1, 0.15) is 12.0 Å². The maximum atomic E-state index is 13.5. The van der Waals surface area contributed by atoms with Crippen LogP contribution in [0.3, 0.4) is 0 Å². The van der Waals surface area contributed by atoms with Crippen molar-refractivity contribution < 1.29 is 27.5 Å². The van der Waals surface area contributed by atoms with Crippen LogP contribution >= 0.6 is 11.8 Å². The number of nitrogens with one attached hydrogen (secondary N) is 2. The molecule has 2 amide bonds. The first kappa shape index (κ1) is 16.9. The van der Waals surface area contributed by atoms with Crippen LogP contribution in [0.5, 0.6) is 0 Å². The predicted octanol–water partition coefficient (Wildman–Crippen LogP) is 2.83. The summed E-state index contributed by atoms with van der Waals surface area (Å²) in [4.78, 5) is 11.6. The molecule has 0 aliphatic carbocycles. The molecule has 0 radical (unpaired) electrons. The minimum atomic E-state index is -4.63. The van der Waals surface area contributed by atoms with Crippen LogP contribution in [-0.2, 0) is 6.18 Å². The fourth-order valence-electron chi connectivity index (χ4n) is 1.94. The van der Waals surface area contributed by atoms with Gasteiger partial charge in [-0.1, -0.05) is 0 Å². The molecule has 22 heavy (non-hydrogen) atoms. The highest BCUT2D eigenvalue weighted by Crippen LogP contribution is 2.32. The second kappa shape index (κ2) is 6.33. The van der Waals surface area contributed by atoms with Gasteiger partial charge in [0, 0.05) is 12.3 Å². The molecule has 0 aromatic heterocycles. The Morgan fingerprint density at radius 2 is 2.14 bits per heavy atom. The molecule has 1 saturated heterocycles. The molecule has 3 N–H and O–H groups in total. The molecule has 1 atom stereocenters. The average Bonchev–Trinajstić information content (AvgIpc) is 2.85. The number of carbonyl (C=O) groups excluding carboxylic acids is 1. The Hall–Kier alpha value is -1.48. The number of anilines is 1. The number of thioether (sulfide) groups is 1. The van der Waals surface area contributed by atoms with E-state index in [4.69, 9.17) is 0 Å². The molecule has 1 aromatic carbocycles. The van der Waals surface area contributed by atoms with E-state index in [1.54, 1.807) is 0 Å². The fraction of sp³-hybridized carbons (Fsp3) is 0.462. The molecule has 1 unspecified atom stereocenters. The molecule has 1 heterocycles. The van der Waals surface area contributed by atoms with Crippen molar-refractivity contribution in [1.29, 1.82) is 0 Å². The molecular weight excluding hydrogens is 324 g/mol. The van der Waals surface area contributed by atoms with Crippen LogP contribution in [0.2, 0.25) is 0 Å². The third kappa shape index (κ3) is 4.26. The fourth-order valence-corrected chi connectivity index (χ4v) is 3.24. The summed E-state index contributed by atoms with van der Waals surface area (Å²) in [5.74, 6) is 0.256. The summed E-state index contributed by atoms with van der Waals surface area (Å²) in [6, 6.07) is 0.884. The van der Waals surface area contributed by atoms with Gasteiger partial charge in [-0.05, 0) is 30.4 Å². The number of urea groups is 1. The minimum absolute atomic E-state index is 0.0492. The smallest absolute Gasteiger partial charge is 0.387 e. The van der Waals surface area contributed by atoms with Crippen molar-refractivity contribution in [1.82, 2.24) is 5.32 Å². The van der Waals surface area contributed by atoms with Crippen LogP contribution in [0.25, 0.3) is 0 Å². The van der Waals surface area contributed by atoms with E-state index in [-0.39, 0.29) is 6.54 Å². The van der Waals surface area contributed by atoms with Crippen molar-refractivity contribution in [3.8, 4) is 0 Å². The first-order valence-corrected chi connectivity index (χ1v) is 7.57. The highest BCUT2D eigenvalue weighted by Gasteiger charge is 2.33. The second-order valence-electron chi connectivity index (χ2n) is 5.03. The van der Waals surface area contributed by atoms with E-state index >= 15 is 0 Å². The third-order valence-electron chi connectivity index (χ3n) is 3.20. The summed E-state index contributed by atoms with van der Waals surface area (Å²) in [6.45, 7) is -0.0492. The van der Waals surface area contributed by atoms with Gasteiger partial charge in [-0.25, -0.2) is 9.18 Å². The number of hydrogen-bond donors (Lipinski definition) is 3. The quantitative estimate of drug-likeness (QED) is 0.743. The van der Waals surface area contributed by atoms with Crippen LogP contribution in [0.4, 0.5) is 28.0 Å². The van der Waals surface area contributed by atoms with Crippen LogP contribution in [-0.4, -0.2) is 34.8 Å². The Bertz CT molecular complexity index is 559. The van der Waals surface area contributed by atoms with Gasteiger partial charge in [0.2, 0.25) is 0 Å². The van der Waals surface area contributed by atoms with E-state index in [9.17, 15) is 27.5 Å². The standard InChI is InChI=1S/C13H14F4N2O2S/c14-9-2-1-8(13(15,16)17)5-10(9)19-11(20)18-6-12(21)3-4-22-7-12/h1-2,5,21H,3-4,6-7H2,(H2,18,19,20). The zero-order valence-electron chi connectivity index (χ0n) is 11.3. The Morgan fingerprint density at radius 3 is 2.73 bits per heavy atom. The molecule has 122 valence electrons. The molecule has 0 saturated carbocycles. The zero-order valence-corrected chi connectivity index (χ0v) is 12.2. The summed E-state index contributed by atoms with van der Waals surface area (Å²) in [5, 5.41) is 14.4. The Kier molecular flexibility index (Phi) is 4.86. The lowest BCUT2D eigenvalue weighted by Crippen LogP contribution is -2.44. The van der Waals surface area contributed by atoms with E-state index in [1.165, 1.54) is 11.8 Å². The lowest BCUT2D eigenvalue weighted by atomic mass is 10.0. The molecule has 4 nitrogen and oxygen atoms in total. The molecule has 1 aromatic rings. The Labute approximate surface area is 128 Å². The van der Waals surface area contributed by atoms with Crippen LogP contribution in [0.15, 0.2) is 18.2 Å². The summed E-state index contributed by atoms with van der Waals surface area (Å²) in [5.41, 5.74) is -2.66. The van der Waals surface area contributed by atoms with E-state index in [1.807, 2.05) is 5.32 Å². The second-order valence-corrected chi connectivity index (χ2v) is 6.13. The topological polar surface area (TPSA) is 61.4 Å². The van der Waals surface area contributed by atoms with Gasteiger partial charge in [0.1, 0.15) is 5.82 Å². The lowest BCUT2D eigenvalue weighted by Gasteiger charge is -2.21. The van der Waals surface area contributed by atoms with Gasteiger partial charge in [0.25, 0.3) is 0 Å². The van der Waals surface area contributed by atoms with E-state index in [2.05, 4.69) is 5.32 Å². The normalized spacial score (nSPS) is 21.7. The SMILES string of the molecule is O=C(NCC1(O)CCSC1)Nc1cc(C(F)(F)F)ccc1F. The first-order chi connectivity index (χ1) is 10.2. The van der Waals surface area contributed by atoms with Crippen molar-refractivity contribution >= 4 is 23.5 Å². The van der Waals surface area contributed by atoms with Crippen molar-refractivity contribution in [2.45, 2.75) is 18.2 Å². The van der Waals surface area contributed by atoms with E-state index < -0.39 is 34.9 Å². The van der Waals surface area contributed by atoms with Gasteiger partial charge < -0.3 is 15.7 Å². The van der Waals surface area contributed by atoms with Gasteiger partial charge in [0.05, 0.1) is 16.9 Å². The first-order valence-electron chi connectivity index (χ1n) is 6.41. The molecule has 0 spiro atoms. The summed E-state index contributed by atoms with van der Waals surface area (Å²) in [6.07, 6.45) is -4.12. The highest BCUT2D eigenvalue weighted by atomic mass is 32.2. The van der Waals surface area contributed by atoms with Gasteiger partial charge in [-0.3, -0.25) is 0 Å². The molecule has 2 rings (SSSR count). The van der Waals surface area contributed by atoms with Crippen molar-refractivity contribution in [2.75, 3.05) is 23.4 Å². The number of aliphatic hydroxyl groups is 1. The molecule has 1 fully saturated rings.